The molecule has 0 saturated carbocycles. The second-order valence-corrected chi connectivity index (χ2v) is 20.7. The molecule has 5 N–H and O–H groups in total. The minimum atomic E-state index is -5.44. The van der Waals surface area contributed by atoms with Crippen LogP contribution in [0.4, 0.5) is 39.8 Å². The number of carbonyl (C=O) groups excluding carboxylic acids is 1. The molecule has 25 nitrogen and oxygen atoms in total. The maximum absolute atomic E-state index is 12.5. The van der Waals surface area contributed by atoms with Gasteiger partial charge in [-0.3, -0.25) is 9.25 Å². The number of phenols is 2. The Kier molecular flexibility index (Phi) is 23.7. The SMILES string of the molecule is C=O.CCCCC(CC)C[NH3+].COc1cc(N=Nc2ccc3c(S(=O)(=O)[O-])cc(S(=O)(=O)[O-])cc3c2)ccc1N=Nc1c(S(=O)(=O)[O-])cc2cc(SOO[O-])c(N=Nc3ccccc3[N-]S(C)=O)c(O)c2c1O.[Cu+]. The second kappa shape index (κ2) is 28.1. The van der Waals surface area contributed by atoms with Crippen LogP contribution in [0.3, 0.4) is 0 Å². The smallest absolute Gasteiger partial charge is 0.744 e. The molecule has 6 aromatic carbocycles. The van der Waals surface area contributed by atoms with Gasteiger partial charge >= 0.3 is 17.1 Å². The number of unbranched alkanes of at least 4 members (excludes halogenated alkanes) is 1. The van der Waals surface area contributed by atoms with Crippen molar-refractivity contribution in [2.24, 2.45) is 36.6 Å². The number of quaternary nitrogens is 1. The first-order valence-electron chi connectivity index (χ1n) is 20.8. The Labute approximate surface area is 441 Å². The van der Waals surface area contributed by atoms with Gasteiger partial charge in [0.2, 0.25) is 0 Å². The molecule has 0 fully saturated rings. The summed E-state index contributed by atoms with van der Waals surface area (Å²) in [6.45, 7) is 7.62. The molecule has 0 bridgehead atoms. The van der Waals surface area contributed by atoms with Crippen molar-refractivity contribution in [3.63, 3.8) is 0 Å². The molecule has 2 unspecified atom stereocenters. The normalized spacial score (nSPS) is 12.8. The van der Waals surface area contributed by atoms with Crippen molar-refractivity contribution in [2.75, 3.05) is 19.9 Å². The number of rotatable bonds is 20. The fourth-order valence-electron chi connectivity index (χ4n) is 6.61. The van der Waals surface area contributed by atoms with Gasteiger partial charge in [-0.05, 0) is 89.9 Å². The van der Waals surface area contributed by atoms with Crippen LogP contribution in [0.25, 0.3) is 26.3 Å². The Bertz CT molecular complexity index is 3420. The Balaban J connectivity index is 0.00000109. The van der Waals surface area contributed by atoms with Crippen molar-refractivity contribution < 1.29 is 100 Å². The molecule has 0 amide bonds. The van der Waals surface area contributed by atoms with Crippen LogP contribution in [0.2, 0.25) is 0 Å². The number of methoxy groups -OCH3 is 1. The molecule has 0 saturated heterocycles. The Morgan fingerprint density at radius 2 is 1.36 bits per heavy atom. The van der Waals surface area contributed by atoms with Crippen LogP contribution in [0, 0.1) is 5.92 Å². The van der Waals surface area contributed by atoms with Crippen LogP contribution in [0.1, 0.15) is 39.5 Å². The van der Waals surface area contributed by atoms with E-state index in [0.717, 1.165) is 36.7 Å². The monoisotopic (exact) mass is 1170 g/mol. The van der Waals surface area contributed by atoms with E-state index in [1.165, 1.54) is 81.5 Å². The Morgan fingerprint density at radius 1 is 0.757 bits per heavy atom. The summed E-state index contributed by atoms with van der Waals surface area (Å²) in [5.74, 6) is -1.11. The number of hydrogen-bond acceptors (Lipinski definition) is 24. The average Bonchev–Trinajstić information content (AvgIpc) is 3.34. The summed E-state index contributed by atoms with van der Waals surface area (Å²) in [5, 5.41) is 59.6. The second-order valence-electron chi connectivity index (χ2n) is 14.8. The van der Waals surface area contributed by atoms with Crippen molar-refractivity contribution in [1.82, 2.24) is 0 Å². The summed E-state index contributed by atoms with van der Waals surface area (Å²) in [7, 11) is -16.2. The molecular weight excluding hydrogens is 1120 g/mol. The summed E-state index contributed by atoms with van der Waals surface area (Å²) < 4.78 is 133. The number of benzene rings is 6. The zero-order chi connectivity index (χ0) is 54.3. The first-order chi connectivity index (χ1) is 34.5. The number of phenolic OH excluding ortho intramolecular Hbond substituents is 2. The Morgan fingerprint density at radius 3 is 1.95 bits per heavy atom. The fraction of sp³-hybridized carbons (Fsp3) is 0.233. The molecule has 0 aliphatic carbocycles. The molecule has 0 aromatic heterocycles. The standard InChI is InChI=1S/C34H26N7O16S5.C8H19N.CH2O.Cu/c1-55-26-15-20(36-35-19-7-9-22-17(11-19)12-21(60(46,47)48)16-28(22)61(49,50)51)8-10-25(26)38-40-32-29(62(52,53)54)14-18-13-27(58-57-56-44)31(33(42)30(18)34(32)43)39-37-23-5-3-4-6-24(23)41-59(2)45;1-3-5-6-8(4-2)7-9;1-2;/h3-16H,1-2H3,(H6-,35,36,37,38,39,40,41,42,43,44,46,47,48,49,50,51,52,53,54);8H,3-7,9H2,1-2H3;1H2;/q-1;;;+1/p-3. The van der Waals surface area contributed by atoms with E-state index in [0.29, 0.717) is 6.07 Å². The molecule has 0 aliphatic rings. The van der Waals surface area contributed by atoms with Crippen LogP contribution in [0.15, 0.2) is 135 Å². The number of nitrogens with zero attached hydrogens (tertiary/aromatic N) is 7. The van der Waals surface area contributed by atoms with Crippen LogP contribution < -0.4 is 15.7 Å². The van der Waals surface area contributed by atoms with Crippen molar-refractivity contribution in [2.45, 2.75) is 59.1 Å². The van der Waals surface area contributed by atoms with Crippen molar-refractivity contribution in [1.29, 1.82) is 0 Å². The van der Waals surface area contributed by atoms with E-state index in [-0.39, 0.29) is 84.4 Å². The number of ether oxygens (including phenoxy) is 1. The fourth-order valence-corrected chi connectivity index (χ4v) is 9.52. The van der Waals surface area contributed by atoms with Crippen LogP contribution in [0.5, 0.6) is 17.2 Å². The van der Waals surface area contributed by atoms with E-state index in [2.05, 4.69) is 64.4 Å². The van der Waals surface area contributed by atoms with Gasteiger partial charge in [0.15, 0.2) is 11.5 Å². The van der Waals surface area contributed by atoms with E-state index in [9.17, 15) is 58.6 Å². The minimum Gasteiger partial charge on any atom is -0.744 e. The van der Waals surface area contributed by atoms with E-state index >= 15 is 0 Å². The number of fused-ring (bicyclic) bond motifs is 2. The van der Waals surface area contributed by atoms with E-state index < -0.39 is 84.3 Å². The van der Waals surface area contributed by atoms with Gasteiger partial charge < -0.3 is 49.1 Å². The first kappa shape index (κ1) is 62.4. The van der Waals surface area contributed by atoms with Gasteiger partial charge in [-0.1, -0.05) is 61.9 Å². The van der Waals surface area contributed by atoms with Crippen molar-refractivity contribution >= 4 is 122 Å². The molecule has 402 valence electrons. The van der Waals surface area contributed by atoms with Crippen molar-refractivity contribution in [3.8, 4) is 17.2 Å². The largest absolute Gasteiger partial charge is 1.00 e. The van der Waals surface area contributed by atoms with Crippen LogP contribution >= 0.6 is 12.0 Å². The molecule has 0 spiro atoms. The third kappa shape index (κ3) is 16.6. The summed E-state index contributed by atoms with van der Waals surface area (Å²) in [6.07, 6.45) is 6.72. The topological polar surface area (TPSA) is 413 Å². The molecular formula is C43H44CuN8O17S5-3. The zero-order valence-corrected chi connectivity index (χ0v) is 44.1. The third-order valence-electron chi connectivity index (χ3n) is 10.1. The average molecular weight is 1170 g/mol. The summed E-state index contributed by atoms with van der Waals surface area (Å²) in [5.41, 5.74) is 2.72. The number of azo groups is 3. The third-order valence-corrected chi connectivity index (χ3v) is 13.7. The number of carbonyl (C=O) groups is 1. The molecule has 74 heavy (non-hydrogen) atoms. The van der Waals surface area contributed by atoms with Gasteiger partial charge in [0, 0.05) is 12.0 Å². The quantitative estimate of drug-likeness (QED) is 0.0162. The molecule has 0 radical (unpaired) electrons. The van der Waals surface area contributed by atoms with E-state index in [1.807, 2.05) is 6.79 Å². The van der Waals surface area contributed by atoms with Gasteiger partial charge in [-0.15, -0.1) is 21.0 Å². The molecule has 2 atom stereocenters. The maximum atomic E-state index is 12.5. The van der Waals surface area contributed by atoms with Gasteiger partial charge in [0.25, 0.3) is 0 Å². The van der Waals surface area contributed by atoms with E-state index in [1.54, 1.807) is 12.1 Å². The van der Waals surface area contributed by atoms with Crippen LogP contribution in [-0.2, 0) is 72.6 Å². The molecule has 6 rings (SSSR count). The molecule has 0 heterocycles. The number of aromatic hydroxyl groups is 2. The molecule has 31 heteroatoms. The Hall–Kier alpha value is -5.90. The zero-order valence-electron chi connectivity index (χ0n) is 39.1. The summed E-state index contributed by atoms with van der Waals surface area (Å²) in [6, 6.07) is 16.7. The first-order valence-corrected chi connectivity index (χ1v) is 27.3. The van der Waals surface area contributed by atoms with Crippen LogP contribution in [-0.4, -0.2) is 80.0 Å². The predicted molar refractivity (Wildman–Crippen MR) is 260 cm³/mol. The van der Waals surface area contributed by atoms with Crippen molar-refractivity contribution in [3.05, 3.63) is 89.7 Å². The summed E-state index contributed by atoms with van der Waals surface area (Å²) >= 11 is 0.206. The van der Waals surface area contributed by atoms with Gasteiger partial charge in [-0.2, -0.15) is 19.7 Å². The molecule has 6 aromatic rings. The number of hydrogen-bond donors (Lipinski definition) is 3. The van der Waals surface area contributed by atoms with Gasteiger partial charge in [0.05, 0.1) is 67.7 Å². The van der Waals surface area contributed by atoms with Gasteiger partial charge in [-0.25, -0.2) is 25.3 Å². The van der Waals surface area contributed by atoms with Gasteiger partial charge in [0.1, 0.15) is 60.0 Å². The predicted octanol–water partition coefficient (Wildman–Crippen LogP) is 8.16. The minimum absolute atomic E-state index is 0. The van der Waals surface area contributed by atoms with E-state index in [4.69, 9.17) is 9.53 Å². The summed E-state index contributed by atoms with van der Waals surface area (Å²) in [4.78, 5) is 4.79. The maximum Gasteiger partial charge on any atom is 1.00 e. The molecule has 0 aliphatic heterocycles.